The lowest BCUT2D eigenvalue weighted by atomic mass is 10.2. The minimum absolute atomic E-state index is 0.0395. The van der Waals surface area contributed by atoms with E-state index in [-0.39, 0.29) is 6.04 Å². The maximum Gasteiger partial charge on any atom is 0.119 e. The summed E-state index contributed by atoms with van der Waals surface area (Å²) in [5.74, 6) is 0.863. The van der Waals surface area contributed by atoms with Crippen LogP contribution in [0.4, 0.5) is 0 Å². The van der Waals surface area contributed by atoms with Crippen LogP contribution in [0.25, 0.3) is 0 Å². The van der Waals surface area contributed by atoms with Gasteiger partial charge in [0.05, 0.1) is 0 Å². The molecule has 1 aromatic rings. The van der Waals surface area contributed by atoms with E-state index in [0.29, 0.717) is 6.61 Å². The van der Waals surface area contributed by atoms with E-state index < -0.39 is 0 Å². The van der Waals surface area contributed by atoms with Crippen molar-refractivity contribution in [2.45, 2.75) is 12.5 Å². The number of nitrogens with two attached hydrogens (primary N) is 1. The molecule has 70 valence electrons. The highest BCUT2D eigenvalue weighted by Gasteiger charge is 1.99. The predicted molar refractivity (Wildman–Crippen MR) is 54.7 cm³/mol. The lowest BCUT2D eigenvalue weighted by molar-refractivity contribution is 0.289. The van der Waals surface area contributed by atoms with Gasteiger partial charge in [-0.1, -0.05) is 24.3 Å². The van der Waals surface area contributed by atoms with Crippen LogP contribution in [0.2, 0.25) is 0 Å². The fourth-order valence-electron chi connectivity index (χ4n) is 1.00. The molecule has 0 saturated heterocycles. The van der Waals surface area contributed by atoms with Crippen molar-refractivity contribution in [3.63, 3.8) is 0 Å². The van der Waals surface area contributed by atoms with E-state index in [1.165, 1.54) is 0 Å². The first-order valence-corrected chi connectivity index (χ1v) is 4.37. The van der Waals surface area contributed by atoms with Crippen LogP contribution in [0.15, 0.2) is 43.0 Å². The normalized spacial score (nSPS) is 12.1. The number of hydrogen-bond acceptors (Lipinski definition) is 2. The van der Waals surface area contributed by atoms with Gasteiger partial charge in [-0.25, -0.2) is 0 Å². The summed E-state index contributed by atoms with van der Waals surface area (Å²) in [6.45, 7) is 4.16. The first kappa shape index (κ1) is 9.81. The van der Waals surface area contributed by atoms with Gasteiger partial charge in [-0.15, -0.1) is 6.58 Å². The molecule has 1 rings (SSSR count). The zero-order valence-corrected chi connectivity index (χ0v) is 7.65. The zero-order chi connectivity index (χ0) is 9.52. The first-order valence-electron chi connectivity index (χ1n) is 4.37. The summed E-state index contributed by atoms with van der Waals surface area (Å²) in [5.41, 5.74) is 5.74. The Bertz CT molecular complexity index is 246. The lowest BCUT2D eigenvalue weighted by Crippen LogP contribution is -2.26. The summed E-state index contributed by atoms with van der Waals surface area (Å²) in [4.78, 5) is 0. The number of ether oxygens (including phenoxy) is 1. The molecule has 0 aromatic heterocycles. The van der Waals surface area contributed by atoms with Crippen LogP contribution in [0.3, 0.4) is 0 Å². The third-order valence-electron chi connectivity index (χ3n) is 1.68. The van der Waals surface area contributed by atoms with Crippen LogP contribution in [-0.2, 0) is 0 Å². The maximum absolute atomic E-state index is 5.74. The van der Waals surface area contributed by atoms with Gasteiger partial charge in [0.1, 0.15) is 12.4 Å². The third kappa shape index (κ3) is 3.76. The first-order chi connectivity index (χ1) is 6.33. The van der Waals surface area contributed by atoms with Crippen molar-refractivity contribution in [1.82, 2.24) is 0 Å². The van der Waals surface area contributed by atoms with Gasteiger partial charge in [-0.05, 0) is 18.6 Å². The van der Waals surface area contributed by atoms with E-state index in [0.717, 1.165) is 12.2 Å². The molecule has 13 heavy (non-hydrogen) atoms. The quantitative estimate of drug-likeness (QED) is 0.698. The standard InChI is InChI=1S/C11H15NO/c1-2-6-10(12)9-13-11-7-4-3-5-8-11/h2-5,7-8,10H,1,6,9,12H2. The van der Waals surface area contributed by atoms with Gasteiger partial charge in [0.2, 0.25) is 0 Å². The zero-order valence-electron chi connectivity index (χ0n) is 7.65. The SMILES string of the molecule is C=CCC(N)COc1ccccc1. The van der Waals surface area contributed by atoms with E-state index in [1.54, 1.807) is 6.08 Å². The summed E-state index contributed by atoms with van der Waals surface area (Å²) in [5, 5.41) is 0. The molecule has 1 atom stereocenters. The highest BCUT2D eigenvalue weighted by atomic mass is 16.5. The van der Waals surface area contributed by atoms with Crippen LogP contribution in [0.1, 0.15) is 6.42 Å². The molecule has 1 unspecified atom stereocenters. The fourth-order valence-corrected chi connectivity index (χ4v) is 1.00. The number of rotatable bonds is 5. The van der Waals surface area contributed by atoms with Crippen molar-refractivity contribution in [3.05, 3.63) is 43.0 Å². The molecule has 1 aromatic carbocycles. The average molecular weight is 177 g/mol. The van der Waals surface area contributed by atoms with Crippen LogP contribution < -0.4 is 10.5 Å². The second-order valence-electron chi connectivity index (χ2n) is 2.91. The molecule has 0 spiro atoms. The topological polar surface area (TPSA) is 35.2 Å². The molecule has 0 aliphatic rings. The van der Waals surface area contributed by atoms with Crippen molar-refractivity contribution in [2.24, 2.45) is 5.73 Å². The molecule has 2 heteroatoms. The smallest absolute Gasteiger partial charge is 0.119 e. The molecule has 0 bridgehead atoms. The molecule has 2 nitrogen and oxygen atoms in total. The molecule has 0 heterocycles. The summed E-state index contributed by atoms with van der Waals surface area (Å²) in [7, 11) is 0. The van der Waals surface area contributed by atoms with Gasteiger partial charge in [0.25, 0.3) is 0 Å². The Morgan fingerprint density at radius 3 is 2.69 bits per heavy atom. The van der Waals surface area contributed by atoms with E-state index in [9.17, 15) is 0 Å². The predicted octanol–water partition coefficient (Wildman–Crippen LogP) is 1.97. The Hall–Kier alpha value is -1.28. The van der Waals surface area contributed by atoms with Crippen molar-refractivity contribution < 1.29 is 4.74 Å². The maximum atomic E-state index is 5.74. The van der Waals surface area contributed by atoms with Crippen molar-refractivity contribution >= 4 is 0 Å². The minimum atomic E-state index is 0.0395. The molecule has 0 amide bonds. The Balaban J connectivity index is 2.30. The Morgan fingerprint density at radius 1 is 1.38 bits per heavy atom. The number of benzene rings is 1. The molecular formula is C11H15NO. The van der Waals surface area contributed by atoms with Gasteiger partial charge < -0.3 is 10.5 Å². The van der Waals surface area contributed by atoms with Crippen LogP contribution in [-0.4, -0.2) is 12.6 Å². The van der Waals surface area contributed by atoms with E-state index in [1.807, 2.05) is 30.3 Å². The van der Waals surface area contributed by atoms with Gasteiger partial charge in [-0.3, -0.25) is 0 Å². The number of para-hydroxylation sites is 1. The Labute approximate surface area is 79.0 Å². The van der Waals surface area contributed by atoms with Gasteiger partial charge in [0, 0.05) is 6.04 Å². The summed E-state index contributed by atoms with van der Waals surface area (Å²) in [6.07, 6.45) is 2.59. The second-order valence-corrected chi connectivity index (χ2v) is 2.91. The van der Waals surface area contributed by atoms with E-state index in [2.05, 4.69) is 6.58 Å². The highest BCUT2D eigenvalue weighted by molar-refractivity contribution is 5.20. The molecule has 0 radical (unpaired) electrons. The van der Waals surface area contributed by atoms with E-state index >= 15 is 0 Å². The lowest BCUT2D eigenvalue weighted by Gasteiger charge is -2.10. The summed E-state index contributed by atoms with van der Waals surface area (Å²) < 4.78 is 5.45. The molecule has 0 aliphatic carbocycles. The highest BCUT2D eigenvalue weighted by Crippen LogP contribution is 2.08. The Kier molecular flexibility index (Phi) is 4.06. The molecular weight excluding hydrogens is 162 g/mol. The number of hydrogen-bond donors (Lipinski definition) is 1. The van der Waals surface area contributed by atoms with Crippen molar-refractivity contribution in [1.29, 1.82) is 0 Å². The van der Waals surface area contributed by atoms with Crippen molar-refractivity contribution in [2.75, 3.05) is 6.61 Å². The van der Waals surface area contributed by atoms with Crippen LogP contribution >= 0.6 is 0 Å². The second kappa shape index (κ2) is 5.38. The minimum Gasteiger partial charge on any atom is -0.492 e. The fraction of sp³-hybridized carbons (Fsp3) is 0.273. The molecule has 2 N–H and O–H groups in total. The average Bonchev–Trinajstić information content (AvgIpc) is 2.17. The van der Waals surface area contributed by atoms with Crippen molar-refractivity contribution in [3.8, 4) is 5.75 Å². The van der Waals surface area contributed by atoms with Gasteiger partial charge in [-0.2, -0.15) is 0 Å². The third-order valence-corrected chi connectivity index (χ3v) is 1.68. The monoisotopic (exact) mass is 177 g/mol. The van der Waals surface area contributed by atoms with Gasteiger partial charge in [0.15, 0.2) is 0 Å². The van der Waals surface area contributed by atoms with Crippen LogP contribution in [0, 0.1) is 0 Å². The molecule has 0 aliphatic heterocycles. The largest absolute Gasteiger partial charge is 0.492 e. The molecule has 0 saturated carbocycles. The Morgan fingerprint density at radius 2 is 2.08 bits per heavy atom. The van der Waals surface area contributed by atoms with Gasteiger partial charge >= 0.3 is 0 Å². The summed E-state index contributed by atoms with van der Waals surface area (Å²) in [6, 6.07) is 9.71. The summed E-state index contributed by atoms with van der Waals surface area (Å²) >= 11 is 0. The molecule has 0 fully saturated rings. The van der Waals surface area contributed by atoms with E-state index in [4.69, 9.17) is 10.5 Å². The van der Waals surface area contributed by atoms with Crippen LogP contribution in [0.5, 0.6) is 5.75 Å².